The van der Waals surface area contributed by atoms with Crippen LogP contribution >= 0.6 is 11.6 Å². The lowest BCUT2D eigenvalue weighted by atomic mass is 9.80. The summed E-state index contributed by atoms with van der Waals surface area (Å²) in [5.74, 6) is 0.846. The van der Waals surface area contributed by atoms with Crippen molar-refractivity contribution in [3.8, 4) is 0 Å². The van der Waals surface area contributed by atoms with Gasteiger partial charge >= 0.3 is 6.09 Å². The van der Waals surface area contributed by atoms with E-state index in [1.807, 2.05) is 44.0 Å². The number of halogens is 1. The van der Waals surface area contributed by atoms with Crippen molar-refractivity contribution in [2.75, 3.05) is 13.1 Å². The summed E-state index contributed by atoms with van der Waals surface area (Å²) in [4.78, 5) is 19.1. The van der Waals surface area contributed by atoms with E-state index in [9.17, 15) is 4.79 Å². The van der Waals surface area contributed by atoms with Gasteiger partial charge in [-0.15, -0.1) is 0 Å². The van der Waals surface area contributed by atoms with Gasteiger partial charge in [-0.3, -0.25) is 4.98 Å². The molecule has 1 fully saturated rings. The van der Waals surface area contributed by atoms with E-state index in [0.717, 1.165) is 50.2 Å². The van der Waals surface area contributed by atoms with E-state index < -0.39 is 5.60 Å². The maximum Gasteiger partial charge on any atom is 0.410 e. The fraction of sp³-hybridized carbons (Fsp3) is 0.520. The number of hydrogen-bond donors (Lipinski definition) is 0. The minimum Gasteiger partial charge on any atom is -0.444 e. The second-order valence-electron chi connectivity index (χ2n) is 9.59. The van der Waals surface area contributed by atoms with Crippen molar-refractivity contribution in [1.29, 1.82) is 0 Å². The molecule has 160 valence electrons. The van der Waals surface area contributed by atoms with Crippen LogP contribution in [0.15, 0.2) is 36.5 Å². The second kappa shape index (κ2) is 8.58. The van der Waals surface area contributed by atoms with E-state index in [2.05, 4.69) is 18.2 Å². The highest BCUT2D eigenvalue weighted by Gasteiger charge is 2.31. The maximum absolute atomic E-state index is 12.4. The number of likely N-dealkylation sites (tertiary alicyclic amines) is 1. The van der Waals surface area contributed by atoms with E-state index in [1.165, 1.54) is 22.4 Å². The lowest BCUT2D eigenvalue weighted by Gasteiger charge is -2.35. The number of carbonyl (C=O) groups is 1. The Kier molecular flexibility index (Phi) is 6.06. The Hall–Kier alpha value is -2.07. The number of amides is 1. The smallest absolute Gasteiger partial charge is 0.410 e. The Morgan fingerprint density at radius 1 is 1.17 bits per heavy atom. The van der Waals surface area contributed by atoms with Crippen LogP contribution in [0.2, 0.25) is 5.02 Å². The Morgan fingerprint density at radius 3 is 2.63 bits per heavy atom. The van der Waals surface area contributed by atoms with Crippen molar-refractivity contribution in [1.82, 2.24) is 9.88 Å². The van der Waals surface area contributed by atoms with E-state index in [4.69, 9.17) is 21.3 Å². The third-order valence-electron chi connectivity index (χ3n) is 6.24. The van der Waals surface area contributed by atoms with Crippen LogP contribution in [-0.4, -0.2) is 34.7 Å². The molecule has 2 aromatic rings. The number of ether oxygens (including phenoxy) is 1. The zero-order chi connectivity index (χ0) is 21.3. The predicted molar refractivity (Wildman–Crippen MR) is 120 cm³/mol. The molecule has 1 aliphatic heterocycles. The van der Waals surface area contributed by atoms with Gasteiger partial charge in [-0.1, -0.05) is 23.7 Å². The first-order chi connectivity index (χ1) is 14.3. The molecular weight excluding hydrogens is 396 g/mol. The zero-order valence-corrected chi connectivity index (χ0v) is 18.9. The number of benzene rings is 1. The van der Waals surface area contributed by atoms with Gasteiger partial charge in [0.15, 0.2) is 0 Å². The first kappa shape index (κ1) is 21.2. The molecule has 1 unspecified atom stereocenters. The number of aryl methyl sites for hydroxylation is 2. The Balaban J connectivity index is 1.50. The SMILES string of the molecule is CC(C)(C)OC(=O)N1CCC(CC2c3ccc(Cl)cc3CCc3cccnc32)CC1. The molecule has 0 bridgehead atoms. The molecule has 4 rings (SSSR count). The Bertz CT molecular complexity index is 914. The van der Waals surface area contributed by atoms with E-state index in [-0.39, 0.29) is 12.0 Å². The van der Waals surface area contributed by atoms with Crippen LogP contribution in [0.3, 0.4) is 0 Å². The average Bonchev–Trinajstić information content (AvgIpc) is 2.84. The minimum absolute atomic E-state index is 0.192. The molecule has 30 heavy (non-hydrogen) atoms. The van der Waals surface area contributed by atoms with Crippen LogP contribution in [0.25, 0.3) is 0 Å². The van der Waals surface area contributed by atoms with Gasteiger partial charge in [-0.05, 0) is 93.7 Å². The standard InChI is InChI=1S/C25H31ClN2O2/c1-25(2,3)30-24(29)28-13-10-17(11-14-28)15-22-21-9-8-20(26)16-19(21)7-6-18-5-4-12-27-23(18)22/h4-5,8-9,12,16-17,22H,6-7,10-11,13-15H2,1-3H3. The number of piperidine rings is 1. The molecule has 0 saturated carbocycles. The van der Waals surface area contributed by atoms with Crippen LogP contribution in [0, 0.1) is 5.92 Å². The molecule has 0 N–H and O–H groups in total. The van der Waals surface area contributed by atoms with Gasteiger partial charge in [0, 0.05) is 30.2 Å². The molecule has 0 radical (unpaired) electrons. The lowest BCUT2D eigenvalue weighted by molar-refractivity contribution is 0.0180. The number of rotatable bonds is 2. The first-order valence-electron chi connectivity index (χ1n) is 11.0. The van der Waals surface area contributed by atoms with Crippen LogP contribution in [0.1, 0.15) is 68.3 Å². The number of fused-ring (bicyclic) bond motifs is 2. The maximum atomic E-state index is 12.4. The molecule has 2 heterocycles. The van der Waals surface area contributed by atoms with Gasteiger partial charge < -0.3 is 9.64 Å². The highest BCUT2D eigenvalue weighted by molar-refractivity contribution is 6.30. The third kappa shape index (κ3) is 4.80. The van der Waals surface area contributed by atoms with Gasteiger partial charge in [-0.25, -0.2) is 4.79 Å². The zero-order valence-electron chi connectivity index (χ0n) is 18.2. The van der Waals surface area contributed by atoms with Gasteiger partial charge in [0.25, 0.3) is 0 Å². The summed E-state index contributed by atoms with van der Waals surface area (Å²) in [6, 6.07) is 10.6. The first-order valence-corrected chi connectivity index (χ1v) is 11.4. The summed E-state index contributed by atoms with van der Waals surface area (Å²) in [6.45, 7) is 7.26. The Labute approximate surface area is 184 Å². The highest BCUT2D eigenvalue weighted by atomic mass is 35.5. The van der Waals surface area contributed by atoms with Gasteiger partial charge in [0.05, 0.1) is 5.69 Å². The summed E-state index contributed by atoms with van der Waals surface area (Å²) < 4.78 is 5.55. The molecule has 2 aliphatic rings. The number of nitrogens with zero attached hydrogens (tertiary/aromatic N) is 2. The topological polar surface area (TPSA) is 42.4 Å². The van der Waals surface area contributed by atoms with Crippen molar-refractivity contribution in [2.45, 2.75) is 64.4 Å². The fourth-order valence-corrected chi connectivity index (χ4v) is 4.97. The fourth-order valence-electron chi connectivity index (χ4n) is 4.77. The predicted octanol–water partition coefficient (Wildman–Crippen LogP) is 6.00. The molecule has 4 nitrogen and oxygen atoms in total. The van der Waals surface area contributed by atoms with Crippen molar-refractivity contribution in [3.63, 3.8) is 0 Å². The quantitative estimate of drug-likeness (QED) is 0.591. The van der Waals surface area contributed by atoms with E-state index in [0.29, 0.717) is 5.92 Å². The van der Waals surface area contributed by atoms with Crippen LogP contribution in [0.5, 0.6) is 0 Å². The van der Waals surface area contributed by atoms with Crippen LogP contribution in [0.4, 0.5) is 4.79 Å². The summed E-state index contributed by atoms with van der Waals surface area (Å²) >= 11 is 6.31. The third-order valence-corrected chi connectivity index (χ3v) is 6.47. The largest absolute Gasteiger partial charge is 0.444 e. The monoisotopic (exact) mass is 426 g/mol. The molecule has 1 atom stereocenters. The highest BCUT2D eigenvalue weighted by Crippen LogP contribution is 2.40. The van der Waals surface area contributed by atoms with Crippen molar-refractivity contribution < 1.29 is 9.53 Å². The molecule has 1 amide bonds. The van der Waals surface area contributed by atoms with Crippen LogP contribution < -0.4 is 0 Å². The van der Waals surface area contributed by atoms with E-state index >= 15 is 0 Å². The lowest BCUT2D eigenvalue weighted by Crippen LogP contribution is -2.42. The molecule has 0 spiro atoms. The van der Waals surface area contributed by atoms with Crippen molar-refractivity contribution in [2.24, 2.45) is 5.92 Å². The van der Waals surface area contributed by atoms with Gasteiger partial charge in [0.1, 0.15) is 5.60 Å². The number of carbonyl (C=O) groups excluding carboxylic acids is 1. The minimum atomic E-state index is -0.450. The summed E-state index contributed by atoms with van der Waals surface area (Å²) in [7, 11) is 0. The molecule has 1 saturated heterocycles. The van der Waals surface area contributed by atoms with Crippen molar-refractivity contribution >= 4 is 17.7 Å². The molecule has 1 aromatic carbocycles. The Morgan fingerprint density at radius 2 is 1.90 bits per heavy atom. The molecular formula is C25H31ClN2O2. The number of pyridine rings is 1. The number of aromatic nitrogens is 1. The summed E-state index contributed by atoms with van der Waals surface area (Å²) in [5, 5.41) is 0.803. The molecule has 1 aliphatic carbocycles. The van der Waals surface area contributed by atoms with Gasteiger partial charge in [-0.2, -0.15) is 0 Å². The summed E-state index contributed by atoms with van der Waals surface area (Å²) in [5.41, 5.74) is 4.83. The van der Waals surface area contributed by atoms with Gasteiger partial charge in [0.2, 0.25) is 0 Å². The molecule has 5 heteroatoms. The average molecular weight is 427 g/mol. The summed E-state index contributed by atoms with van der Waals surface area (Å²) in [6.07, 6.45) is 6.79. The van der Waals surface area contributed by atoms with Crippen molar-refractivity contribution in [3.05, 3.63) is 63.9 Å². The normalized spacial score (nSPS) is 19.6. The van der Waals surface area contributed by atoms with E-state index in [1.54, 1.807) is 0 Å². The van der Waals surface area contributed by atoms with Crippen LogP contribution in [-0.2, 0) is 17.6 Å². The molecule has 1 aromatic heterocycles. The second-order valence-corrected chi connectivity index (χ2v) is 10.0. The number of hydrogen-bond acceptors (Lipinski definition) is 3.